The highest BCUT2D eigenvalue weighted by atomic mass is 16.2. The quantitative estimate of drug-likeness (QED) is 0.740. The smallest absolute Gasteiger partial charge is 0.262 e. The summed E-state index contributed by atoms with van der Waals surface area (Å²) in [6.07, 6.45) is 1.63. The number of hydrogen-bond acceptors (Lipinski definition) is 6. The van der Waals surface area contributed by atoms with E-state index < -0.39 is 11.8 Å². The molecule has 3 amide bonds. The normalized spacial score (nSPS) is 16.2. The molecule has 2 aliphatic rings. The van der Waals surface area contributed by atoms with Crippen molar-refractivity contribution in [1.82, 2.24) is 14.8 Å². The molecule has 28 heavy (non-hydrogen) atoms. The molecule has 0 bridgehead atoms. The predicted molar refractivity (Wildman–Crippen MR) is 99.6 cm³/mol. The van der Waals surface area contributed by atoms with Crippen molar-refractivity contribution in [2.24, 2.45) is 0 Å². The molecule has 1 saturated heterocycles. The number of piperazine rings is 1. The Hall–Kier alpha value is -3.73. The van der Waals surface area contributed by atoms with E-state index in [0.29, 0.717) is 48.7 Å². The molecule has 4 rings (SSSR count). The maximum absolute atomic E-state index is 12.7. The van der Waals surface area contributed by atoms with E-state index in [9.17, 15) is 19.6 Å². The van der Waals surface area contributed by atoms with Gasteiger partial charge in [0.1, 0.15) is 18.4 Å². The van der Waals surface area contributed by atoms with Crippen LogP contribution < -0.4 is 4.90 Å². The third-order valence-electron chi connectivity index (χ3n) is 5.01. The van der Waals surface area contributed by atoms with Gasteiger partial charge in [-0.05, 0) is 24.3 Å². The number of carbonyl (C=O) groups is 3. The standard InChI is InChI=1S/C20H17N5O3/c21-12-14-4-3-7-22-18(14)24-10-8-23(9-11-24)17(26)13-25-19(27)15-5-1-2-6-16(15)20(25)28/h1-7H,8-11,13H2. The Morgan fingerprint density at radius 1 is 1.00 bits per heavy atom. The summed E-state index contributed by atoms with van der Waals surface area (Å²) in [6, 6.07) is 12.1. The molecule has 0 aliphatic carbocycles. The first-order valence-electron chi connectivity index (χ1n) is 8.93. The van der Waals surface area contributed by atoms with Crippen LogP contribution in [0, 0.1) is 11.3 Å². The van der Waals surface area contributed by atoms with Gasteiger partial charge < -0.3 is 9.80 Å². The topological polar surface area (TPSA) is 97.6 Å². The number of aromatic nitrogens is 1. The van der Waals surface area contributed by atoms with Crippen molar-refractivity contribution in [3.05, 3.63) is 59.3 Å². The Labute approximate surface area is 161 Å². The van der Waals surface area contributed by atoms with E-state index in [0.717, 1.165) is 4.90 Å². The third-order valence-corrected chi connectivity index (χ3v) is 5.01. The molecular formula is C20H17N5O3. The van der Waals surface area contributed by atoms with Crippen molar-refractivity contribution >= 4 is 23.5 Å². The summed E-state index contributed by atoms with van der Waals surface area (Å²) in [4.78, 5) is 46.4. The molecule has 0 spiro atoms. The number of hydrogen-bond donors (Lipinski definition) is 0. The number of pyridine rings is 1. The van der Waals surface area contributed by atoms with Crippen LogP contribution in [-0.4, -0.2) is 65.2 Å². The Morgan fingerprint density at radius 3 is 2.25 bits per heavy atom. The fourth-order valence-corrected chi connectivity index (χ4v) is 3.52. The number of fused-ring (bicyclic) bond motifs is 1. The van der Waals surface area contributed by atoms with E-state index in [1.165, 1.54) is 0 Å². The SMILES string of the molecule is N#Cc1cccnc1N1CCN(C(=O)CN2C(=O)c3ccccc3C2=O)CC1. The number of carbonyl (C=O) groups excluding carboxylic acids is 3. The first-order valence-corrected chi connectivity index (χ1v) is 8.93. The zero-order valence-corrected chi connectivity index (χ0v) is 15.0. The molecule has 2 aromatic rings. The number of amides is 3. The molecule has 0 atom stereocenters. The highest BCUT2D eigenvalue weighted by Gasteiger charge is 2.37. The van der Waals surface area contributed by atoms with E-state index in [-0.39, 0.29) is 12.5 Å². The predicted octanol–water partition coefficient (Wildman–Crippen LogP) is 0.898. The first-order chi connectivity index (χ1) is 13.6. The van der Waals surface area contributed by atoms with Crippen LogP contribution in [0.1, 0.15) is 26.3 Å². The van der Waals surface area contributed by atoms with Crippen molar-refractivity contribution in [1.29, 1.82) is 5.26 Å². The van der Waals surface area contributed by atoms with Gasteiger partial charge in [0.25, 0.3) is 11.8 Å². The van der Waals surface area contributed by atoms with Crippen molar-refractivity contribution in [2.75, 3.05) is 37.6 Å². The van der Waals surface area contributed by atoms with Gasteiger partial charge in [0.05, 0.1) is 16.7 Å². The van der Waals surface area contributed by atoms with E-state index >= 15 is 0 Å². The third kappa shape index (κ3) is 2.97. The maximum Gasteiger partial charge on any atom is 0.262 e. The molecule has 0 saturated carbocycles. The molecule has 3 heterocycles. The summed E-state index contributed by atoms with van der Waals surface area (Å²) in [6.45, 7) is 1.66. The molecule has 140 valence electrons. The Balaban J connectivity index is 1.40. The van der Waals surface area contributed by atoms with Crippen molar-refractivity contribution in [2.45, 2.75) is 0 Å². The van der Waals surface area contributed by atoms with Crippen LogP contribution in [0.4, 0.5) is 5.82 Å². The summed E-state index contributed by atoms with van der Waals surface area (Å²) in [7, 11) is 0. The van der Waals surface area contributed by atoms with Gasteiger partial charge in [-0.25, -0.2) is 4.98 Å². The Bertz CT molecular complexity index is 970. The maximum atomic E-state index is 12.7. The van der Waals surface area contributed by atoms with Crippen molar-refractivity contribution in [3.8, 4) is 6.07 Å². The fourth-order valence-electron chi connectivity index (χ4n) is 3.52. The van der Waals surface area contributed by atoms with E-state index in [2.05, 4.69) is 11.1 Å². The van der Waals surface area contributed by atoms with Crippen LogP contribution in [-0.2, 0) is 4.79 Å². The molecule has 1 aromatic carbocycles. The number of nitrogens with zero attached hydrogens (tertiary/aromatic N) is 5. The van der Waals surface area contributed by atoms with Crippen LogP contribution in [0.2, 0.25) is 0 Å². The van der Waals surface area contributed by atoms with E-state index in [1.54, 1.807) is 47.5 Å². The van der Waals surface area contributed by atoms with Gasteiger partial charge in [-0.3, -0.25) is 19.3 Å². The molecule has 8 heteroatoms. The minimum absolute atomic E-state index is 0.265. The zero-order chi connectivity index (χ0) is 19.7. The highest BCUT2D eigenvalue weighted by molar-refractivity contribution is 6.22. The van der Waals surface area contributed by atoms with Gasteiger partial charge in [-0.1, -0.05) is 12.1 Å². The molecule has 0 N–H and O–H groups in total. The molecule has 0 radical (unpaired) electrons. The van der Waals surface area contributed by atoms with Crippen LogP contribution in [0.25, 0.3) is 0 Å². The largest absolute Gasteiger partial charge is 0.352 e. The summed E-state index contributed by atoms with van der Waals surface area (Å²) in [5, 5.41) is 9.22. The highest BCUT2D eigenvalue weighted by Crippen LogP contribution is 2.23. The van der Waals surface area contributed by atoms with Gasteiger partial charge in [-0.15, -0.1) is 0 Å². The minimum atomic E-state index is -0.431. The van der Waals surface area contributed by atoms with E-state index in [4.69, 9.17) is 0 Å². The second-order valence-electron chi connectivity index (χ2n) is 6.60. The van der Waals surface area contributed by atoms with Gasteiger partial charge in [0.2, 0.25) is 5.91 Å². The van der Waals surface area contributed by atoms with Gasteiger partial charge in [0, 0.05) is 32.4 Å². The Kier molecular flexibility index (Phi) is 4.49. The fraction of sp³-hybridized carbons (Fsp3) is 0.250. The number of nitriles is 1. The number of rotatable bonds is 3. The zero-order valence-electron chi connectivity index (χ0n) is 15.0. The average molecular weight is 375 g/mol. The molecule has 0 unspecified atom stereocenters. The second kappa shape index (κ2) is 7.12. The summed E-state index contributed by atoms with van der Waals surface area (Å²) in [5.74, 6) is -0.521. The lowest BCUT2D eigenvalue weighted by atomic mass is 10.1. The van der Waals surface area contributed by atoms with Gasteiger partial charge >= 0.3 is 0 Å². The molecule has 1 aromatic heterocycles. The van der Waals surface area contributed by atoms with Gasteiger partial charge in [-0.2, -0.15) is 5.26 Å². The number of anilines is 1. The summed E-state index contributed by atoms with van der Waals surface area (Å²) in [5.41, 5.74) is 1.17. The first kappa shape index (κ1) is 17.7. The van der Waals surface area contributed by atoms with Crippen LogP contribution in [0.15, 0.2) is 42.6 Å². The summed E-state index contributed by atoms with van der Waals surface area (Å²) >= 11 is 0. The monoisotopic (exact) mass is 375 g/mol. The minimum Gasteiger partial charge on any atom is -0.352 e. The number of benzene rings is 1. The van der Waals surface area contributed by atoms with Crippen LogP contribution in [0.3, 0.4) is 0 Å². The molecule has 2 aliphatic heterocycles. The lowest BCUT2D eigenvalue weighted by molar-refractivity contribution is -0.131. The second-order valence-corrected chi connectivity index (χ2v) is 6.60. The van der Waals surface area contributed by atoms with Crippen LogP contribution in [0.5, 0.6) is 0 Å². The molecule has 8 nitrogen and oxygen atoms in total. The lowest BCUT2D eigenvalue weighted by Crippen LogP contribution is -2.52. The molecular weight excluding hydrogens is 358 g/mol. The van der Waals surface area contributed by atoms with Crippen LogP contribution >= 0.6 is 0 Å². The summed E-state index contributed by atoms with van der Waals surface area (Å²) < 4.78 is 0. The average Bonchev–Trinajstić information content (AvgIpc) is 2.99. The Morgan fingerprint density at radius 2 is 1.64 bits per heavy atom. The van der Waals surface area contributed by atoms with Crippen molar-refractivity contribution < 1.29 is 14.4 Å². The van der Waals surface area contributed by atoms with Crippen molar-refractivity contribution in [3.63, 3.8) is 0 Å². The van der Waals surface area contributed by atoms with Gasteiger partial charge in [0.15, 0.2) is 0 Å². The number of imide groups is 1. The lowest BCUT2D eigenvalue weighted by Gasteiger charge is -2.36. The molecule has 1 fully saturated rings. The van der Waals surface area contributed by atoms with E-state index in [1.807, 2.05) is 4.90 Å².